The maximum atomic E-state index is 3.68. The molecule has 2 unspecified atom stereocenters. The molecule has 0 amide bonds. The van der Waals surface area contributed by atoms with Crippen molar-refractivity contribution < 1.29 is 0 Å². The van der Waals surface area contributed by atoms with Crippen LogP contribution in [0.4, 0.5) is 0 Å². The standard InChI is InChI=1S/C18H33NS/c1-7-16-9-10-17(20-16)12-15(19-8-2)11-14(3)13-18(4,5)6/h9-10,14-15,19H,7-8,11-13H2,1-6H3. The topological polar surface area (TPSA) is 12.0 Å². The number of hydrogen-bond donors (Lipinski definition) is 1. The van der Waals surface area contributed by atoms with E-state index >= 15 is 0 Å². The number of rotatable bonds is 8. The van der Waals surface area contributed by atoms with Gasteiger partial charge in [-0.3, -0.25) is 0 Å². The van der Waals surface area contributed by atoms with E-state index in [1.54, 1.807) is 0 Å². The largest absolute Gasteiger partial charge is 0.314 e. The van der Waals surface area contributed by atoms with E-state index in [0.29, 0.717) is 11.5 Å². The summed E-state index contributed by atoms with van der Waals surface area (Å²) in [6.45, 7) is 15.0. The van der Waals surface area contributed by atoms with Gasteiger partial charge < -0.3 is 5.32 Å². The maximum absolute atomic E-state index is 3.68. The predicted molar refractivity (Wildman–Crippen MR) is 92.7 cm³/mol. The molecule has 2 heteroatoms. The minimum atomic E-state index is 0.439. The molecule has 0 aromatic carbocycles. The highest BCUT2D eigenvalue weighted by atomic mass is 32.1. The van der Waals surface area contributed by atoms with Gasteiger partial charge in [-0.05, 0) is 55.7 Å². The molecule has 0 radical (unpaired) electrons. The van der Waals surface area contributed by atoms with Crippen molar-refractivity contribution in [3.63, 3.8) is 0 Å². The maximum Gasteiger partial charge on any atom is 0.0118 e. The van der Waals surface area contributed by atoms with Crippen molar-refractivity contribution in [1.29, 1.82) is 0 Å². The normalized spacial score (nSPS) is 15.3. The number of hydrogen-bond acceptors (Lipinski definition) is 2. The zero-order valence-electron chi connectivity index (χ0n) is 14.3. The molecule has 1 aromatic heterocycles. The van der Waals surface area contributed by atoms with E-state index in [9.17, 15) is 0 Å². The van der Waals surface area contributed by atoms with Gasteiger partial charge in [-0.2, -0.15) is 0 Å². The monoisotopic (exact) mass is 295 g/mol. The fraction of sp³-hybridized carbons (Fsp3) is 0.778. The summed E-state index contributed by atoms with van der Waals surface area (Å²) in [5.74, 6) is 0.782. The molecule has 1 rings (SSSR count). The fourth-order valence-electron chi connectivity index (χ4n) is 3.11. The van der Waals surface area contributed by atoms with E-state index in [0.717, 1.165) is 18.9 Å². The summed E-state index contributed by atoms with van der Waals surface area (Å²) in [5, 5.41) is 3.68. The van der Waals surface area contributed by atoms with Crippen molar-refractivity contribution in [2.75, 3.05) is 6.54 Å². The Labute approximate surface area is 130 Å². The van der Waals surface area contributed by atoms with Gasteiger partial charge in [0.25, 0.3) is 0 Å². The Hall–Kier alpha value is -0.340. The highest BCUT2D eigenvalue weighted by molar-refractivity contribution is 7.11. The van der Waals surface area contributed by atoms with Crippen molar-refractivity contribution in [1.82, 2.24) is 5.32 Å². The SMILES string of the molecule is CCNC(Cc1ccc(CC)s1)CC(C)CC(C)(C)C. The molecule has 1 heterocycles. The van der Waals surface area contributed by atoms with Crippen molar-refractivity contribution in [2.45, 2.75) is 73.3 Å². The first kappa shape index (κ1) is 17.7. The first-order chi connectivity index (χ1) is 9.34. The van der Waals surface area contributed by atoms with Crippen molar-refractivity contribution >= 4 is 11.3 Å². The average molecular weight is 296 g/mol. The molecule has 0 spiro atoms. The number of aryl methyl sites for hydroxylation is 1. The van der Waals surface area contributed by atoms with Crippen LogP contribution >= 0.6 is 11.3 Å². The van der Waals surface area contributed by atoms with Crippen LogP contribution in [0.25, 0.3) is 0 Å². The summed E-state index contributed by atoms with van der Waals surface area (Å²) < 4.78 is 0. The van der Waals surface area contributed by atoms with Gasteiger partial charge in [-0.1, -0.05) is 41.5 Å². The molecule has 1 aromatic rings. The molecular formula is C18H33NS. The van der Waals surface area contributed by atoms with E-state index in [2.05, 4.69) is 59.0 Å². The molecule has 1 nitrogen and oxygen atoms in total. The van der Waals surface area contributed by atoms with Crippen LogP contribution in [0.3, 0.4) is 0 Å². The minimum absolute atomic E-state index is 0.439. The Bertz CT molecular complexity index is 375. The fourth-order valence-corrected chi connectivity index (χ4v) is 4.14. The minimum Gasteiger partial charge on any atom is -0.314 e. The predicted octanol–water partition coefficient (Wildman–Crippen LogP) is 5.29. The molecule has 0 aliphatic heterocycles. The average Bonchev–Trinajstić information content (AvgIpc) is 2.74. The molecule has 116 valence electrons. The van der Waals surface area contributed by atoms with Gasteiger partial charge >= 0.3 is 0 Å². The summed E-state index contributed by atoms with van der Waals surface area (Å²) >= 11 is 1.99. The summed E-state index contributed by atoms with van der Waals surface area (Å²) in [6.07, 6.45) is 4.94. The third kappa shape index (κ3) is 6.90. The van der Waals surface area contributed by atoms with E-state index in [4.69, 9.17) is 0 Å². The van der Waals surface area contributed by atoms with Gasteiger partial charge in [0.2, 0.25) is 0 Å². The van der Waals surface area contributed by atoms with Gasteiger partial charge in [0.05, 0.1) is 0 Å². The summed E-state index contributed by atoms with van der Waals surface area (Å²) in [5.41, 5.74) is 0.439. The molecule has 0 saturated heterocycles. The molecule has 0 fully saturated rings. The molecule has 0 saturated carbocycles. The van der Waals surface area contributed by atoms with Gasteiger partial charge in [0.1, 0.15) is 0 Å². The van der Waals surface area contributed by atoms with E-state index in [1.807, 2.05) is 11.3 Å². The van der Waals surface area contributed by atoms with Crippen LogP contribution in [-0.2, 0) is 12.8 Å². The molecule has 0 aliphatic rings. The highest BCUT2D eigenvalue weighted by Gasteiger charge is 2.19. The first-order valence-electron chi connectivity index (χ1n) is 8.15. The Kier molecular flexibility index (Phi) is 7.25. The lowest BCUT2D eigenvalue weighted by Gasteiger charge is -2.27. The third-order valence-electron chi connectivity index (χ3n) is 3.65. The van der Waals surface area contributed by atoms with Crippen LogP contribution in [0.15, 0.2) is 12.1 Å². The Balaban J connectivity index is 2.55. The number of nitrogens with one attached hydrogen (secondary N) is 1. The van der Waals surface area contributed by atoms with Crippen molar-refractivity contribution in [2.24, 2.45) is 11.3 Å². The van der Waals surface area contributed by atoms with E-state index < -0.39 is 0 Å². The molecule has 0 bridgehead atoms. The van der Waals surface area contributed by atoms with Gasteiger partial charge in [-0.15, -0.1) is 11.3 Å². The number of likely N-dealkylation sites (N-methyl/N-ethyl adjacent to an activating group) is 1. The second kappa shape index (κ2) is 8.19. The van der Waals surface area contributed by atoms with Crippen LogP contribution in [0.1, 0.15) is 64.1 Å². The third-order valence-corrected chi connectivity index (χ3v) is 4.91. The lowest BCUT2D eigenvalue weighted by Crippen LogP contribution is -2.33. The number of thiophene rings is 1. The van der Waals surface area contributed by atoms with Crippen LogP contribution in [0.2, 0.25) is 0 Å². The zero-order valence-corrected chi connectivity index (χ0v) is 15.1. The van der Waals surface area contributed by atoms with Gasteiger partial charge in [0.15, 0.2) is 0 Å². The summed E-state index contributed by atoms with van der Waals surface area (Å²) in [4.78, 5) is 3.05. The Morgan fingerprint density at radius 1 is 1.15 bits per heavy atom. The van der Waals surface area contributed by atoms with Gasteiger partial charge in [-0.25, -0.2) is 0 Å². The quantitative estimate of drug-likeness (QED) is 0.687. The summed E-state index contributed by atoms with van der Waals surface area (Å²) in [7, 11) is 0. The zero-order chi connectivity index (χ0) is 15.2. The van der Waals surface area contributed by atoms with Crippen LogP contribution < -0.4 is 5.32 Å². The molecule has 0 aliphatic carbocycles. The highest BCUT2D eigenvalue weighted by Crippen LogP contribution is 2.28. The second-order valence-electron chi connectivity index (χ2n) is 7.29. The summed E-state index contributed by atoms with van der Waals surface area (Å²) in [6, 6.07) is 5.24. The van der Waals surface area contributed by atoms with Crippen molar-refractivity contribution in [3.8, 4) is 0 Å². The van der Waals surface area contributed by atoms with Crippen LogP contribution in [-0.4, -0.2) is 12.6 Å². The van der Waals surface area contributed by atoms with Crippen LogP contribution in [0, 0.1) is 11.3 Å². The van der Waals surface area contributed by atoms with E-state index in [1.165, 1.54) is 29.0 Å². The Morgan fingerprint density at radius 3 is 2.30 bits per heavy atom. The van der Waals surface area contributed by atoms with Crippen molar-refractivity contribution in [3.05, 3.63) is 21.9 Å². The molecule has 20 heavy (non-hydrogen) atoms. The smallest absolute Gasteiger partial charge is 0.0118 e. The second-order valence-corrected chi connectivity index (χ2v) is 8.54. The molecular weight excluding hydrogens is 262 g/mol. The molecule has 1 N–H and O–H groups in total. The Morgan fingerprint density at radius 2 is 1.80 bits per heavy atom. The lowest BCUT2D eigenvalue weighted by atomic mass is 9.82. The lowest BCUT2D eigenvalue weighted by molar-refractivity contribution is 0.275. The van der Waals surface area contributed by atoms with Crippen LogP contribution in [0.5, 0.6) is 0 Å². The van der Waals surface area contributed by atoms with Gasteiger partial charge in [0, 0.05) is 15.8 Å². The van der Waals surface area contributed by atoms with E-state index in [-0.39, 0.29) is 0 Å². The molecule has 2 atom stereocenters. The first-order valence-corrected chi connectivity index (χ1v) is 8.96.